The summed E-state index contributed by atoms with van der Waals surface area (Å²) in [6.45, 7) is 0. The molecule has 1 aromatic heterocycles. The van der Waals surface area contributed by atoms with Crippen molar-refractivity contribution in [3.63, 3.8) is 0 Å². The first-order chi connectivity index (χ1) is 29.7. The molecule has 0 amide bonds. The van der Waals surface area contributed by atoms with Gasteiger partial charge in [-0.15, -0.1) is 0 Å². The summed E-state index contributed by atoms with van der Waals surface area (Å²) >= 11 is 0. The molecule has 1 nitrogen and oxygen atoms in total. The van der Waals surface area contributed by atoms with Crippen LogP contribution < -0.4 is 0 Å². The first-order valence-electron chi connectivity index (χ1n) is 22.3. The highest BCUT2D eigenvalue weighted by atomic mass is 16.3. The van der Waals surface area contributed by atoms with Gasteiger partial charge in [0.25, 0.3) is 0 Å². The van der Waals surface area contributed by atoms with Gasteiger partial charge >= 0.3 is 0 Å². The standard InChI is InChI=1S/C48H30O/c1-2-13-32(14-3-1)46-39-18-6-8-20-41(39)47(42-21-9-7-19-40(42)46)37-17-10-16-36(29-37)38-22-11-23-43-44-30-35(26-27-45(44)49-48(38)43)34-25-24-31-12-4-5-15-33(31)28-34/h1-30H/i1D,2D,3D,6D,7D,8D,9D,13D,14D,18D,19D,20D,21D. The third-order valence-electron chi connectivity index (χ3n) is 9.17. The van der Waals surface area contributed by atoms with Gasteiger partial charge in [0.05, 0.1) is 17.8 Å². The average Bonchev–Trinajstić information content (AvgIpc) is 3.67. The Labute approximate surface area is 302 Å². The second kappa shape index (κ2) is 11.1. The Hall–Kier alpha value is -6.44. The van der Waals surface area contributed by atoms with E-state index in [4.69, 9.17) is 16.8 Å². The van der Waals surface area contributed by atoms with Gasteiger partial charge in [-0.3, -0.25) is 0 Å². The lowest BCUT2D eigenvalue weighted by Crippen LogP contribution is -1.91. The van der Waals surface area contributed by atoms with E-state index >= 15 is 0 Å². The molecule has 228 valence electrons. The van der Waals surface area contributed by atoms with Crippen LogP contribution in [0.25, 0.3) is 98.8 Å². The summed E-state index contributed by atoms with van der Waals surface area (Å²) in [5, 5.41) is 3.22. The van der Waals surface area contributed by atoms with Gasteiger partial charge in [0.2, 0.25) is 0 Å². The third kappa shape index (κ3) is 4.47. The van der Waals surface area contributed by atoms with Gasteiger partial charge in [-0.1, -0.05) is 157 Å². The molecule has 0 N–H and O–H groups in total. The van der Waals surface area contributed by atoms with Crippen LogP contribution in [0.1, 0.15) is 17.8 Å². The molecule has 10 aromatic rings. The predicted octanol–water partition coefficient (Wildman–Crippen LogP) is 13.7. The fraction of sp³-hybridized carbons (Fsp3) is 0. The van der Waals surface area contributed by atoms with Crippen molar-refractivity contribution in [2.75, 3.05) is 0 Å². The minimum atomic E-state index is -0.717. The van der Waals surface area contributed by atoms with E-state index in [9.17, 15) is 5.48 Å². The lowest BCUT2D eigenvalue weighted by Gasteiger charge is -2.18. The van der Waals surface area contributed by atoms with Gasteiger partial charge < -0.3 is 4.42 Å². The van der Waals surface area contributed by atoms with Crippen molar-refractivity contribution in [1.29, 1.82) is 0 Å². The van der Waals surface area contributed by atoms with Crippen LogP contribution in [0.5, 0.6) is 0 Å². The number of para-hydroxylation sites is 1. The summed E-state index contributed by atoms with van der Waals surface area (Å²) in [5.74, 6) is 0. The van der Waals surface area contributed by atoms with E-state index in [2.05, 4.69) is 36.4 Å². The highest BCUT2D eigenvalue weighted by molar-refractivity contribution is 6.21. The molecule has 0 unspecified atom stereocenters. The summed E-state index contributed by atoms with van der Waals surface area (Å²) in [7, 11) is 0. The smallest absolute Gasteiger partial charge is 0.143 e. The van der Waals surface area contributed by atoms with Gasteiger partial charge in [-0.05, 0) is 95.5 Å². The van der Waals surface area contributed by atoms with Crippen LogP contribution in [0.2, 0.25) is 0 Å². The molecule has 0 bridgehead atoms. The van der Waals surface area contributed by atoms with Crippen LogP contribution >= 0.6 is 0 Å². The minimum Gasteiger partial charge on any atom is -0.455 e. The number of hydrogen-bond donors (Lipinski definition) is 0. The minimum absolute atomic E-state index is 0.0591. The number of furan rings is 1. The maximum atomic E-state index is 9.31. The van der Waals surface area contributed by atoms with E-state index in [-0.39, 0.29) is 32.7 Å². The summed E-state index contributed by atoms with van der Waals surface area (Å²) in [6, 6.07) is 25.0. The van der Waals surface area contributed by atoms with E-state index in [1.54, 1.807) is 18.2 Å². The number of rotatable bonds is 4. The van der Waals surface area contributed by atoms with Crippen LogP contribution in [0.3, 0.4) is 0 Å². The Morgan fingerprint density at radius 3 is 1.73 bits per heavy atom. The summed E-state index contributed by atoms with van der Waals surface area (Å²) in [4.78, 5) is 0. The fourth-order valence-corrected chi connectivity index (χ4v) is 6.96. The topological polar surface area (TPSA) is 13.1 Å². The largest absolute Gasteiger partial charge is 0.455 e. The van der Waals surface area contributed by atoms with Gasteiger partial charge in [0, 0.05) is 16.3 Å². The van der Waals surface area contributed by atoms with Crippen molar-refractivity contribution in [2.24, 2.45) is 0 Å². The van der Waals surface area contributed by atoms with Gasteiger partial charge in [0.15, 0.2) is 0 Å². The molecule has 0 aliphatic carbocycles. The lowest BCUT2D eigenvalue weighted by atomic mass is 9.85. The quantitative estimate of drug-likeness (QED) is 0.175. The average molecular weight is 636 g/mol. The first-order valence-corrected chi connectivity index (χ1v) is 15.8. The molecule has 0 aliphatic rings. The first kappa shape index (κ1) is 17.6. The monoisotopic (exact) mass is 635 g/mol. The summed E-state index contributed by atoms with van der Waals surface area (Å²) < 4.78 is 122. The molecule has 1 heteroatoms. The van der Waals surface area contributed by atoms with Crippen molar-refractivity contribution >= 4 is 54.3 Å². The van der Waals surface area contributed by atoms with E-state index in [0.717, 1.165) is 32.7 Å². The van der Waals surface area contributed by atoms with Gasteiger partial charge in [-0.25, -0.2) is 0 Å². The number of fused-ring (bicyclic) bond motifs is 6. The molecule has 9 aromatic carbocycles. The molecule has 0 atom stereocenters. The highest BCUT2D eigenvalue weighted by Gasteiger charge is 2.18. The molecular weight excluding hydrogens is 593 g/mol. The van der Waals surface area contributed by atoms with Crippen molar-refractivity contribution in [3.8, 4) is 44.5 Å². The normalized spacial score (nSPS) is 15.4. The van der Waals surface area contributed by atoms with E-state index < -0.39 is 84.1 Å². The molecule has 0 saturated heterocycles. The Bertz CT molecular complexity index is 3520. The molecule has 0 saturated carbocycles. The van der Waals surface area contributed by atoms with Crippen molar-refractivity contribution in [3.05, 3.63) is 182 Å². The van der Waals surface area contributed by atoms with Gasteiger partial charge in [-0.2, -0.15) is 0 Å². The zero-order chi connectivity index (χ0) is 43.6. The Morgan fingerprint density at radius 1 is 0.367 bits per heavy atom. The summed E-state index contributed by atoms with van der Waals surface area (Å²) in [5.41, 5.74) is 4.28. The van der Waals surface area contributed by atoms with Gasteiger partial charge in [0.1, 0.15) is 11.2 Å². The maximum absolute atomic E-state index is 9.31. The van der Waals surface area contributed by atoms with Crippen molar-refractivity contribution in [2.45, 2.75) is 0 Å². The van der Waals surface area contributed by atoms with E-state index in [1.807, 2.05) is 48.5 Å². The van der Waals surface area contributed by atoms with Crippen molar-refractivity contribution < 1.29 is 22.2 Å². The second-order valence-corrected chi connectivity index (χ2v) is 11.9. The third-order valence-corrected chi connectivity index (χ3v) is 9.17. The zero-order valence-electron chi connectivity index (χ0n) is 38.7. The van der Waals surface area contributed by atoms with Crippen LogP contribution in [-0.4, -0.2) is 0 Å². The molecule has 10 rings (SSSR count). The molecule has 0 aliphatic heterocycles. The molecular formula is C48H30O. The Kier molecular flexibility index (Phi) is 3.99. The van der Waals surface area contributed by atoms with Crippen LogP contribution in [0.4, 0.5) is 0 Å². The van der Waals surface area contributed by atoms with Crippen LogP contribution in [0.15, 0.2) is 186 Å². The number of hydrogen-bond acceptors (Lipinski definition) is 1. The SMILES string of the molecule is [2H]c1c([2H])c([2H])c(-c2c3c([2H])c([2H])c([2H])c([2H])c3c(-c3cccc(-c4cccc5c4oc4ccc(-c6ccc7ccccc7c6)cc45)c3)c3c([2H])c([2H])c([2H])c([2H])c23)c([2H])c1[2H]. The van der Waals surface area contributed by atoms with E-state index in [0.29, 0.717) is 27.9 Å². The predicted molar refractivity (Wildman–Crippen MR) is 208 cm³/mol. The van der Waals surface area contributed by atoms with E-state index in [1.165, 1.54) is 0 Å². The lowest BCUT2D eigenvalue weighted by molar-refractivity contribution is 0.670. The number of benzene rings is 9. The molecule has 0 fully saturated rings. The zero-order valence-corrected chi connectivity index (χ0v) is 25.7. The molecule has 1 heterocycles. The van der Waals surface area contributed by atoms with Crippen LogP contribution in [0, 0.1) is 0 Å². The van der Waals surface area contributed by atoms with Crippen LogP contribution in [-0.2, 0) is 0 Å². The fourth-order valence-electron chi connectivity index (χ4n) is 6.96. The summed E-state index contributed by atoms with van der Waals surface area (Å²) in [6.07, 6.45) is 0. The Balaban J connectivity index is 1.27. The Morgan fingerprint density at radius 2 is 0.980 bits per heavy atom. The maximum Gasteiger partial charge on any atom is 0.143 e. The van der Waals surface area contributed by atoms with Crippen molar-refractivity contribution in [1.82, 2.24) is 0 Å². The molecule has 0 spiro atoms. The molecule has 49 heavy (non-hydrogen) atoms. The molecule has 0 radical (unpaired) electrons. The second-order valence-electron chi connectivity index (χ2n) is 11.9. The highest BCUT2D eigenvalue weighted by Crippen LogP contribution is 2.45.